The third kappa shape index (κ3) is 2.99. The second kappa shape index (κ2) is 6.66. The fourth-order valence-electron chi connectivity index (χ4n) is 5.57. The molecule has 3 saturated carbocycles. The van der Waals surface area contributed by atoms with Crippen molar-refractivity contribution >= 4 is 6.03 Å². The molecule has 4 rings (SSSR count). The van der Waals surface area contributed by atoms with Crippen LogP contribution in [0, 0.1) is 23.7 Å². The normalized spacial score (nSPS) is 33.3. The van der Waals surface area contributed by atoms with Gasteiger partial charge in [-0.25, -0.2) is 4.79 Å². The van der Waals surface area contributed by atoms with Crippen LogP contribution in [-0.2, 0) is 6.42 Å². The Kier molecular flexibility index (Phi) is 4.38. The van der Waals surface area contributed by atoms with Gasteiger partial charge in [0.05, 0.1) is 7.11 Å². The molecule has 1 aromatic carbocycles. The Labute approximate surface area is 144 Å². The lowest BCUT2D eigenvalue weighted by atomic mass is 9.79. The standard InChI is InChI=1S/C20H28N2O2/c1-24-15-7-5-13(6-8-15)9-10-21-20(23)22-19-12-14-11-18(19)17-4-2-3-16(14)17/h5-8,14,16-19H,2-4,9-12H2,1H3,(H2,21,22,23)/t14-,16+,17-,18+,19+/m0/s1. The molecular formula is C20H28N2O2. The molecule has 0 spiro atoms. The van der Waals surface area contributed by atoms with Gasteiger partial charge < -0.3 is 15.4 Å². The Morgan fingerprint density at radius 1 is 1.12 bits per heavy atom. The predicted octanol–water partition coefficient (Wildman–Crippen LogP) is 3.36. The van der Waals surface area contributed by atoms with E-state index in [1.807, 2.05) is 12.1 Å². The Bertz CT molecular complexity index is 586. The molecule has 3 aliphatic rings. The molecule has 3 aliphatic carbocycles. The largest absolute Gasteiger partial charge is 0.497 e. The molecule has 0 aliphatic heterocycles. The molecule has 0 heterocycles. The Balaban J connectivity index is 1.21. The fraction of sp³-hybridized carbons (Fsp3) is 0.650. The summed E-state index contributed by atoms with van der Waals surface area (Å²) in [5, 5.41) is 6.28. The highest BCUT2D eigenvalue weighted by Crippen LogP contribution is 2.58. The number of urea groups is 1. The van der Waals surface area contributed by atoms with Crippen LogP contribution in [0.5, 0.6) is 5.75 Å². The molecule has 2 amide bonds. The summed E-state index contributed by atoms with van der Waals surface area (Å²) in [7, 11) is 1.67. The molecule has 2 bridgehead atoms. The Morgan fingerprint density at radius 2 is 1.92 bits per heavy atom. The number of carbonyl (C=O) groups is 1. The first-order valence-corrected chi connectivity index (χ1v) is 9.42. The molecule has 5 atom stereocenters. The molecule has 4 heteroatoms. The number of rotatable bonds is 5. The van der Waals surface area contributed by atoms with E-state index in [0.717, 1.165) is 35.8 Å². The van der Waals surface area contributed by atoms with Crippen molar-refractivity contribution in [1.29, 1.82) is 0 Å². The van der Waals surface area contributed by atoms with Crippen LogP contribution in [0.3, 0.4) is 0 Å². The number of nitrogens with one attached hydrogen (secondary N) is 2. The van der Waals surface area contributed by atoms with Crippen molar-refractivity contribution in [1.82, 2.24) is 10.6 Å². The molecule has 3 fully saturated rings. The van der Waals surface area contributed by atoms with Crippen LogP contribution in [0.25, 0.3) is 0 Å². The molecule has 0 unspecified atom stereocenters. The van der Waals surface area contributed by atoms with Gasteiger partial charge in [-0.15, -0.1) is 0 Å². The van der Waals surface area contributed by atoms with Gasteiger partial charge in [0.25, 0.3) is 0 Å². The maximum Gasteiger partial charge on any atom is 0.315 e. The first-order valence-electron chi connectivity index (χ1n) is 9.42. The summed E-state index contributed by atoms with van der Waals surface area (Å²) in [6.45, 7) is 0.672. The zero-order valence-corrected chi connectivity index (χ0v) is 14.5. The van der Waals surface area contributed by atoms with E-state index in [1.165, 1.54) is 37.7 Å². The lowest BCUT2D eigenvalue weighted by Gasteiger charge is -2.32. The van der Waals surface area contributed by atoms with Gasteiger partial charge in [-0.2, -0.15) is 0 Å². The van der Waals surface area contributed by atoms with E-state index in [9.17, 15) is 4.79 Å². The molecule has 24 heavy (non-hydrogen) atoms. The molecule has 130 valence electrons. The number of fused-ring (bicyclic) bond motifs is 5. The van der Waals surface area contributed by atoms with Gasteiger partial charge in [-0.1, -0.05) is 18.6 Å². The van der Waals surface area contributed by atoms with Crippen molar-refractivity contribution in [3.63, 3.8) is 0 Å². The van der Waals surface area contributed by atoms with Crippen molar-refractivity contribution in [3.05, 3.63) is 29.8 Å². The minimum atomic E-state index is 0.00982. The number of carbonyl (C=O) groups excluding carboxylic acids is 1. The van der Waals surface area contributed by atoms with Crippen LogP contribution in [0.4, 0.5) is 4.79 Å². The molecule has 4 nitrogen and oxygen atoms in total. The maximum absolute atomic E-state index is 12.2. The van der Waals surface area contributed by atoms with Gasteiger partial charge in [-0.3, -0.25) is 0 Å². The van der Waals surface area contributed by atoms with Crippen molar-refractivity contribution in [2.75, 3.05) is 13.7 Å². The lowest BCUT2D eigenvalue weighted by Crippen LogP contribution is -2.47. The summed E-state index contributed by atoms with van der Waals surface area (Å²) >= 11 is 0. The van der Waals surface area contributed by atoms with Crippen LogP contribution in [0.1, 0.15) is 37.7 Å². The smallest absolute Gasteiger partial charge is 0.315 e. The summed E-state index contributed by atoms with van der Waals surface area (Å²) in [5.41, 5.74) is 1.21. The third-order valence-corrected chi connectivity index (χ3v) is 6.60. The van der Waals surface area contributed by atoms with Crippen molar-refractivity contribution in [3.8, 4) is 5.75 Å². The topological polar surface area (TPSA) is 50.4 Å². The Morgan fingerprint density at radius 3 is 2.71 bits per heavy atom. The monoisotopic (exact) mass is 328 g/mol. The highest BCUT2D eigenvalue weighted by atomic mass is 16.5. The minimum Gasteiger partial charge on any atom is -0.497 e. The van der Waals surface area contributed by atoms with Crippen LogP contribution in [-0.4, -0.2) is 25.7 Å². The van der Waals surface area contributed by atoms with Gasteiger partial charge in [0.2, 0.25) is 0 Å². The average Bonchev–Trinajstić information content (AvgIpc) is 3.28. The lowest BCUT2D eigenvalue weighted by molar-refractivity contribution is 0.198. The molecule has 0 saturated heterocycles. The zero-order valence-electron chi connectivity index (χ0n) is 14.5. The van der Waals surface area contributed by atoms with E-state index in [-0.39, 0.29) is 6.03 Å². The minimum absolute atomic E-state index is 0.00982. The molecule has 1 aromatic rings. The average molecular weight is 328 g/mol. The van der Waals surface area contributed by atoms with Crippen LogP contribution < -0.4 is 15.4 Å². The third-order valence-electron chi connectivity index (χ3n) is 6.60. The summed E-state index contributed by atoms with van der Waals surface area (Å²) in [4.78, 5) is 12.2. The second-order valence-electron chi connectivity index (χ2n) is 7.76. The van der Waals surface area contributed by atoms with Gasteiger partial charge in [-0.05, 0) is 73.5 Å². The van der Waals surface area contributed by atoms with E-state index in [1.54, 1.807) is 7.11 Å². The highest BCUT2D eigenvalue weighted by Gasteiger charge is 2.53. The first kappa shape index (κ1) is 15.8. The summed E-state index contributed by atoms with van der Waals surface area (Å²) in [6, 6.07) is 8.44. The van der Waals surface area contributed by atoms with E-state index in [2.05, 4.69) is 22.8 Å². The van der Waals surface area contributed by atoms with Crippen LogP contribution in [0.2, 0.25) is 0 Å². The number of amides is 2. The second-order valence-corrected chi connectivity index (χ2v) is 7.76. The van der Waals surface area contributed by atoms with Gasteiger partial charge in [0.15, 0.2) is 0 Å². The van der Waals surface area contributed by atoms with Gasteiger partial charge >= 0.3 is 6.03 Å². The number of benzene rings is 1. The van der Waals surface area contributed by atoms with E-state index in [4.69, 9.17) is 4.74 Å². The Hall–Kier alpha value is -1.71. The fourth-order valence-corrected chi connectivity index (χ4v) is 5.57. The van der Waals surface area contributed by atoms with Crippen LogP contribution >= 0.6 is 0 Å². The number of ether oxygens (including phenoxy) is 1. The predicted molar refractivity (Wildman–Crippen MR) is 94.1 cm³/mol. The SMILES string of the molecule is COc1ccc(CCNC(=O)N[C@@H]2C[C@@H]3C[C@@H]2[C@H]2CCC[C@H]32)cc1. The van der Waals surface area contributed by atoms with Gasteiger partial charge in [0, 0.05) is 12.6 Å². The summed E-state index contributed by atoms with van der Waals surface area (Å²) in [5.74, 6) is 4.37. The molecule has 0 radical (unpaired) electrons. The van der Waals surface area contributed by atoms with Crippen molar-refractivity contribution in [2.45, 2.75) is 44.6 Å². The summed E-state index contributed by atoms with van der Waals surface area (Å²) in [6.07, 6.45) is 7.64. The van der Waals surface area contributed by atoms with E-state index < -0.39 is 0 Å². The number of methoxy groups -OCH3 is 1. The van der Waals surface area contributed by atoms with Crippen molar-refractivity contribution < 1.29 is 9.53 Å². The van der Waals surface area contributed by atoms with E-state index in [0.29, 0.717) is 12.6 Å². The van der Waals surface area contributed by atoms with Gasteiger partial charge in [0.1, 0.15) is 5.75 Å². The molecular weight excluding hydrogens is 300 g/mol. The first-order chi connectivity index (χ1) is 11.7. The number of hydrogen-bond acceptors (Lipinski definition) is 2. The summed E-state index contributed by atoms with van der Waals surface area (Å²) < 4.78 is 5.16. The highest BCUT2D eigenvalue weighted by molar-refractivity contribution is 5.74. The molecule has 0 aromatic heterocycles. The van der Waals surface area contributed by atoms with Crippen molar-refractivity contribution in [2.24, 2.45) is 23.7 Å². The van der Waals surface area contributed by atoms with Crippen LogP contribution in [0.15, 0.2) is 24.3 Å². The molecule has 2 N–H and O–H groups in total. The quantitative estimate of drug-likeness (QED) is 0.871. The maximum atomic E-state index is 12.2. The zero-order chi connectivity index (χ0) is 16.5. The van der Waals surface area contributed by atoms with E-state index >= 15 is 0 Å². The number of hydrogen-bond donors (Lipinski definition) is 2.